The summed E-state index contributed by atoms with van der Waals surface area (Å²) in [6, 6.07) is 8.16. The largest absolute Gasteiger partial charge is 0.378 e. The van der Waals surface area contributed by atoms with E-state index in [1.54, 1.807) is 0 Å². The second kappa shape index (κ2) is 4.33. The number of anilines is 1. The second-order valence-corrected chi connectivity index (χ2v) is 3.71. The fraction of sp³-hybridized carbons (Fsp3) is 0.417. The fourth-order valence-electron chi connectivity index (χ4n) is 1.79. The summed E-state index contributed by atoms with van der Waals surface area (Å²) < 4.78 is 5.30. The lowest BCUT2D eigenvalue weighted by Gasteiger charge is -2.29. The maximum absolute atomic E-state index is 8.84. The Morgan fingerprint density at radius 1 is 1.33 bits per heavy atom. The van der Waals surface area contributed by atoms with Gasteiger partial charge in [0.15, 0.2) is 0 Å². The molecule has 1 aliphatic rings. The summed E-state index contributed by atoms with van der Waals surface area (Å²) in [6.07, 6.45) is 0. The molecule has 1 fully saturated rings. The smallest absolute Gasteiger partial charge is 0.0994 e. The molecule has 1 saturated heterocycles. The highest BCUT2D eigenvalue weighted by Crippen LogP contribution is 2.19. The Hall–Kier alpha value is -1.53. The number of hydrogen-bond donors (Lipinski definition) is 0. The SMILES string of the molecule is Cc1cc(N2CCOCC2)ccc1C#N. The van der Waals surface area contributed by atoms with E-state index in [-0.39, 0.29) is 0 Å². The van der Waals surface area contributed by atoms with Crippen molar-refractivity contribution in [1.82, 2.24) is 0 Å². The van der Waals surface area contributed by atoms with Crippen LogP contribution in [0.25, 0.3) is 0 Å². The molecule has 1 heterocycles. The molecule has 0 aromatic heterocycles. The van der Waals surface area contributed by atoms with Crippen molar-refractivity contribution >= 4 is 5.69 Å². The number of nitriles is 1. The van der Waals surface area contributed by atoms with Crippen molar-refractivity contribution in [3.05, 3.63) is 29.3 Å². The van der Waals surface area contributed by atoms with Crippen LogP contribution in [0.1, 0.15) is 11.1 Å². The zero-order valence-electron chi connectivity index (χ0n) is 8.86. The Balaban J connectivity index is 2.22. The third-order valence-electron chi connectivity index (χ3n) is 2.71. The molecule has 2 rings (SSSR count). The lowest BCUT2D eigenvalue weighted by Crippen LogP contribution is -2.36. The van der Waals surface area contributed by atoms with Crippen molar-refractivity contribution in [2.45, 2.75) is 6.92 Å². The van der Waals surface area contributed by atoms with Gasteiger partial charge in [0.1, 0.15) is 0 Å². The van der Waals surface area contributed by atoms with E-state index in [1.165, 1.54) is 5.69 Å². The first-order valence-corrected chi connectivity index (χ1v) is 5.15. The maximum atomic E-state index is 8.84. The molecule has 1 aromatic rings. The molecule has 1 aromatic carbocycles. The number of ether oxygens (including phenoxy) is 1. The van der Waals surface area contributed by atoms with Crippen LogP contribution in [0.5, 0.6) is 0 Å². The van der Waals surface area contributed by atoms with E-state index in [2.05, 4.69) is 17.0 Å². The summed E-state index contributed by atoms with van der Waals surface area (Å²) in [5.74, 6) is 0. The standard InChI is InChI=1S/C12H14N2O/c1-10-8-12(3-2-11(10)9-13)14-4-6-15-7-5-14/h2-3,8H,4-7H2,1H3. The summed E-state index contributed by atoms with van der Waals surface area (Å²) in [4.78, 5) is 2.29. The van der Waals surface area contributed by atoms with Crippen LogP contribution in [0.2, 0.25) is 0 Å². The highest BCUT2D eigenvalue weighted by molar-refractivity contribution is 5.53. The quantitative estimate of drug-likeness (QED) is 0.695. The van der Waals surface area contributed by atoms with Gasteiger partial charge < -0.3 is 9.64 Å². The number of aryl methyl sites for hydroxylation is 1. The van der Waals surface area contributed by atoms with Gasteiger partial charge >= 0.3 is 0 Å². The van der Waals surface area contributed by atoms with Crippen LogP contribution < -0.4 is 4.90 Å². The number of hydrogen-bond acceptors (Lipinski definition) is 3. The van der Waals surface area contributed by atoms with Gasteiger partial charge in [-0.05, 0) is 30.7 Å². The minimum Gasteiger partial charge on any atom is -0.378 e. The minimum absolute atomic E-state index is 0.756. The first-order chi connectivity index (χ1) is 7.31. The summed E-state index contributed by atoms with van der Waals surface area (Å²) in [5, 5.41) is 8.84. The van der Waals surface area contributed by atoms with Gasteiger partial charge in [0.2, 0.25) is 0 Å². The predicted molar refractivity (Wildman–Crippen MR) is 58.9 cm³/mol. The van der Waals surface area contributed by atoms with Crippen molar-refractivity contribution in [2.24, 2.45) is 0 Å². The van der Waals surface area contributed by atoms with E-state index in [0.717, 1.165) is 37.4 Å². The third-order valence-corrected chi connectivity index (χ3v) is 2.71. The Morgan fingerprint density at radius 3 is 2.67 bits per heavy atom. The Bertz CT molecular complexity index is 389. The third kappa shape index (κ3) is 2.11. The number of morpholine rings is 1. The zero-order valence-corrected chi connectivity index (χ0v) is 8.86. The topological polar surface area (TPSA) is 36.3 Å². The zero-order chi connectivity index (χ0) is 10.7. The van der Waals surface area contributed by atoms with Gasteiger partial charge in [-0.2, -0.15) is 5.26 Å². The van der Waals surface area contributed by atoms with E-state index in [4.69, 9.17) is 10.00 Å². The van der Waals surface area contributed by atoms with Crippen molar-refractivity contribution < 1.29 is 4.74 Å². The summed E-state index contributed by atoms with van der Waals surface area (Å²) in [7, 11) is 0. The molecular weight excluding hydrogens is 188 g/mol. The Labute approximate surface area is 89.9 Å². The van der Waals surface area contributed by atoms with Crippen molar-refractivity contribution in [1.29, 1.82) is 5.26 Å². The molecule has 0 radical (unpaired) electrons. The summed E-state index contributed by atoms with van der Waals surface area (Å²) in [5.41, 5.74) is 2.99. The minimum atomic E-state index is 0.756. The highest BCUT2D eigenvalue weighted by Gasteiger charge is 2.11. The molecule has 0 atom stereocenters. The number of nitrogens with zero attached hydrogens (tertiary/aromatic N) is 2. The molecule has 0 spiro atoms. The van der Waals surface area contributed by atoms with Gasteiger partial charge in [-0.25, -0.2) is 0 Å². The molecule has 78 valence electrons. The molecular formula is C12H14N2O. The van der Waals surface area contributed by atoms with Crippen LogP contribution in [0.15, 0.2) is 18.2 Å². The first kappa shape index (κ1) is 10.0. The molecule has 1 aliphatic heterocycles. The molecule has 0 bridgehead atoms. The number of rotatable bonds is 1. The van der Waals surface area contributed by atoms with E-state index >= 15 is 0 Å². The molecule has 0 amide bonds. The van der Waals surface area contributed by atoms with Gasteiger partial charge in [-0.15, -0.1) is 0 Å². The number of benzene rings is 1. The molecule has 0 unspecified atom stereocenters. The van der Waals surface area contributed by atoms with Crippen LogP contribution in [0.4, 0.5) is 5.69 Å². The lowest BCUT2D eigenvalue weighted by atomic mass is 10.1. The molecule has 0 N–H and O–H groups in total. The van der Waals surface area contributed by atoms with E-state index in [0.29, 0.717) is 0 Å². The molecule has 0 saturated carbocycles. The van der Waals surface area contributed by atoms with Crippen LogP contribution in [0.3, 0.4) is 0 Å². The molecule has 0 aliphatic carbocycles. The predicted octanol–water partition coefficient (Wildman–Crippen LogP) is 1.70. The van der Waals surface area contributed by atoms with Gasteiger partial charge in [0, 0.05) is 18.8 Å². The Morgan fingerprint density at radius 2 is 2.07 bits per heavy atom. The van der Waals surface area contributed by atoms with E-state index < -0.39 is 0 Å². The van der Waals surface area contributed by atoms with Crippen LogP contribution >= 0.6 is 0 Å². The van der Waals surface area contributed by atoms with Crippen LogP contribution in [-0.2, 0) is 4.74 Å². The highest BCUT2D eigenvalue weighted by atomic mass is 16.5. The van der Waals surface area contributed by atoms with Gasteiger partial charge in [-0.3, -0.25) is 0 Å². The van der Waals surface area contributed by atoms with Crippen molar-refractivity contribution in [2.75, 3.05) is 31.2 Å². The van der Waals surface area contributed by atoms with Gasteiger partial charge in [0.25, 0.3) is 0 Å². The van der Waals surface area contributed by atoms with Crippen molar-refractivity contribution in [3.8, 4) is 6.07 Å². The first-order valence-electron chi connectivity index (χ1n) is 5.15. The second-order valence-electron chi connectivity index (χ2n) is 3.71. The molecule has 3 heteroatoms. The summed E-state index contributed by atoms with van der Waals surface area (Å²) >= 11 is 0. The Kier molecular flexibility index (Phi) is 2.89. The van der Waals surface area contributed by atoms with Crippen molar-refractivity contribution in [3.63, 3.8) is 0 Å². The maximum Gasteiger partial charge on any atom is 0.0994 e. The van der Waals surface area contributed by atoms with Gasteiger partial charge in [0.05, 0.1) is 24.8 Å². The molecule has 15 heavy (non-hydrogen) atoms. The van der Waals surface area contributed by atoms with E-state index in [1.807, 2.05) is 19.1 Å². The lowest BCUT2D eigenvalue weighted by molar-refractivity contribution is 0.122. The van der Waals surface area contributed by atoms with Crippen LogP contribution in [-0.4, -0.2) is 26.3 Å². The normalized spacial score (nSPS) is 16.1. The molecule has 3 nitrogen and oxygen atoms in total. The average Bonchev–Trinajstić information content (AvgIpc) is 2.30. The fourth-order valence-corrected chi connectivity index (χ4v) is 1.79. The average molecular weight is 202 g/mol. The summed E-state index contributed by atoms with van der Waals surface area (Å²) in [6.45, 7) is 5.43. The van der Waals surface area contributed by atoms with Gasteiger partial charge in [-0.1, -0.05) is 0 Å². The van der Waals surface area contributed by atoms with Crippen LogP contribution in [0, 0.1) is 18.3 Å². The monoisotopic (exact) mass is 202 g/mol. The van der Waals surface area contributed by atoms with E-state index in [9.17, 15) is 0 Å².